The van der Waals surface area contributed by atoms with Crippen molar-refractivity contribution in [3.05, 3.63) is 70.4 Å². The molecule has 0 saturated carbocycles. The molecule has 3 aromatic rings. The van der Waals surface area contributed by atoms with Crippen molar-refractivity contribution in [1.82, 2.24) is 4.98 Å². The van der Waals surface area contributed by atoms with Crippen LogP contribution in [-0.4, -0.2) is 24.0 Å². The predicted molar refractivity (Wildman–Crippen MR) is 106 cm³/mol. The molecule has 0 spiro atoms. The van der Waals surface area contributed by atoms with Crippen molar-refractivity contribution in [2.24, 2.45) is 0 Å². The van der Waals surface area contributed by atoms with Gasteiger partial charge in [-0.3, -0.25) is 9.78 Å². The Labute approximate surface area is 158 Å². The second-order valence-corrected chi connectivity index (χ2v) is 6.51. The number of ether oxygens (including phenoxy) is 1. The third-order valence-electron chi connectivity index (χ3n) is 4.84. The minimum absolute atomic E-state index is 0.150. The fraction of sp³-hybridized carbons (Fsp3) is 0.227. The molecule has 1 amide bonds. The predicted octanol–water partition coefficient (Wildman–Crippen LogP) is 4.13. The first-order valence-corrected chi connectivity index (χ1v) is 8.75. The zero-order valence-corrected chi connectivity index (χ0v) is 15.9. The molecule has 0 unspecified atom stereocenters. The Hall–Kier alpha value is -3.21. The molecular weight excluding hydrogens is 340 g/mol. The van der Waals surface area contributed by atoms with Crippen LogP contribution < -0.4 is 5.32 Å². The number of fused-ring (bicyclic) bond motifs is 1. The van der Waals surface area contributed by atoms with E-state index in [0.29, 0.717) is 16.8 Å². The maximum atomic E-state index is 12.7. The van der Waals surface area contributed by atoms with Gasteiger partial charge in [0.05, 0.1) is 24.6 Å². The Morgan fingerprint density at radius 2 is 1.74 bits per heavy atom. The molecule has 27 heavy (non-hydrogen) atoms. The van der Waals surface area contributed by atoms with Crippen LogP contribution >= 0.6 is 0 Å². The van der Waals surface area contributed by atoms with Gasteiger partial charge in [-0.25, -0.2) is 4.79 Å². The van der Waals surface area contributed by atoms with E-state index in [-0.39, 0.29) is 12.3 Å². The zero-order valence-electron chi connectivity index (χ0n) is 15.9. The number of benzene rings is 2. The highest BCUT2D eigenvalue weighted by molar-refractivity contribution is 5.98. The van der Waals surface area contributed by atoms with Crippen molar-refractivity contribution >= 4 is 28.5 Å². The summed E-state index contributed by atoms with van der Waals surface area (Å²) < 4.78 is 4.79. The average Bonchev–Trinajstić information content (AvgIpc) is 2.66. The summed E-state index contributed by atoms with van der Waals surface area (Å²) in [7, 11) is 1.34. The Balaban J connectivity index is 1.87. The summed E-state index contributed by atoms with van der Waals surface area (Å²) in [6.07, 6.45) is 0.220. The summed E-state index contributed by atoms with van der Waals surface area (Å²) in [6, 6.07) is 13.1. The van der Waals surface area contributed by atoms with Crippen molar-refractivity contribution in [1.29, 1.82) is 0 Å². The van der Waals surface area contributed by atoms with E-state index < -0.39 is 5.97 Å². The summed E-state index contributed by atoms with van der Waals surface area (Å²) in [5, 5.41) is 3.96. The summed E-state index contributed by atoms with van der Waals surface area (Å²) in [5.41, 5.74) is 5.49. The van der Waals surface area contributed by atoms with Gasteiger partial charge >= 0.3 is 5.97 Å². The SMILES string of the molecule is COC(=O)c1cccc(NC(=O)Cc2c(C)nc3ccccc3c2C)c1C. The van der Waals surface area contributed by atoms with E-state index in [1.807, 2.05) is 38.1 Å². The van der Waals surface area contributed by atoms with E-state index in [1.54, 1.807) is 25.1 Å². The van der Waals surface area contributed by atoms with E-state index in [1.165, 1.54) is 7.11 Å². The standard InChI is InChI=1S/C22H22N2O3/c1-13-16-8-5-6-10-20(16)23-15(3)18(13)12-21(25)24-19-11-7-9-17(14(19)2)22(26)27-4/h5-11H,12H2,1-4H3,(H,24,25). The van der Waals surface area contributed by atoms with Crippen molar-refractivity contribution in [2.75, 3.05) is 12.4 Å². The number of rotatable bonds is 4. The first-order chi connectivity index (χ1) is 12.9. The van der Waals surface area contributed by atoms with Crippen LogP contribution in [0, 0.1) is 20.8 Å². The molecule has 0 aliphatic rings. The van der Waals surface area contributed by atoms with Gasteiger partial charge in [0.2, 0.25) is 5.91 Å². The van der Waals surface area contributed by atoms with Gasteiger partial charge < -0.3 is 10.1 Å². The van der Waals surface area contributed by atoms with Crippen LogP contribution in [0.4, 0.5) is 5.69 Å². The molecular formula is C22H22N2O3. The van der Waals surface area contributed by atoms with Gasteiger partial charge in [-0.15, -0.1) is 0 Å². The van der Waals surface area contributed by atoms with Gasteiger partial charge in [0, 0.05) is 16.8 Å². The number of carbonyl (C=O) groups is 2. The van der Waals surface area contributed by atoms with Gasteiger partial charge in [0.1, 0.15) is 0 Å². The third kappa shape index (κ3) is 3.67. The highest BCUT2D eigenvalue weighted by Crippen LogP contribution is 2.24. The highest BCUT2D eigenvalue weighted by Gasteiger charge is 2.16. The number of carbonyl (C=O) groups excluding carboxylic acids is 2. The van der Waals surface area contributed by atoms with Crippen molar-refractivity contribution in [3.8, 4) is 0 Å². The summed E-state index contributed by atoms with van der Waals surface area (Å²) in [5.74, 6) is -0.572. The minimum Gasteiger partial charge on any atom is -0.465 e. The molecule has 5 nitrogen and oxygen atoms in total. The molecule has 1 N–H and O–H groups in total. The van der Waals surface area contributed by atoms with Gasteiger partial charge in [0.15, 0.2) is 0 Å². The number of para-hydroxylation sites is 1. The molecule has 0 aliphatic heterocycles. The molecule has 1 heterocycles. The van der Waals surface area contributed by atoms with E-state index in [4.69, 9.17) is 4.74 Å². The number of nitrogens with one attached hydrogen (secondary N) is 1. The Morgan fingerprint density at radius 1 is 1.00 bits per heavy atom. The lowest BCUT2D eigenvalue weighted by atomic mass is 9.99. The van der Waals surface area contributed by atoms with Gasteiger partial charge in [-0.1, -0.05) is 24.3 Å². The van der Waals surface area contributed by atoms with Crippen LogP contribution in [0.25, 0.3) is 10.9 Å². The maximum absolute atomic E-state index is 12.7. The minimum atomic E-state index is -0.422. The number of hydrogen-bond acceptors (Lipinski definition) is 4. The molecule has 0 aliphatic carbocycles. The number of amides is 1. The Bertz CT molecular complexity index is 1040. The van der Waals surface area contributed by atoms with E-state index >= 15 is 0 Å². The number of methoxy groups -OCH3 is 1. The average molecular weight is 362 g/mol. The van der Waals surface area contributed by atoms with Crippen LogP contribution in [0.1, 0.15) is 32.7 Å². The van der Waals surface area contributed by atoms with Crippen LogP contribution in [-0.2, 0) is 16.0 Å². The van der Waals surface area contributed by atoms with Crippen LogP contribution in [0.5, 0.6) is 0 Å². The van der Waals surface area contributed by atoms with E-state index in [0.717, 1.165) is 27.7 Å². The molecule has 0 fully saturated rings. The molecule has 0 atom stereocenters. The molecule has 0 radical (unpaired) electrons. The lowest BCUT2D eigenvalue weighted by Gasteiger charge is -2.14. The normalized spacial score (nSPS) is 10.7. The fourth-order valence-electron chi connectivity index (χ4n) is 3.29. The monoisotopic (exact) mass is 362 g/mol. The summed E-state index contributed by atoms with van der Waals surface area (Å²) in [6.45, 7) is 5.73. The molecule has 0 saturated heterocycles. The van der Waals surface area contributed by atoms with Crippen molar-refractivity contribution in [2.45, 2.75) is 27.2 Å². The molecule has 138 valence electrons. The van der Waals surface area contributed by atoms with Crippen molar-refractivity contribution < 1.29 is 14.3 Å². The number of pyridine rings is 1. The first-order valence-electron chi connectivity index (χ1n) is 8.75. The highest BCUT2D eigenvalue weighted by atomic mass is 16.5. The first kappa shape index (κ1) is 18.6. The quantitative estimate of drug-likeness (QED) is 0.709. The molecule has 0 bridgehead atoms. The molecule has 3 rings (SSSR count). The van der Waals surface area contributed by atoms with Gasteiger partial charge in [-0.2, -0.15) is 0 Å². The Kier molecular flexibility index (Phi) is 5.21. The van der Waals surface area contributed by atoms with Crippen LogP contribution in [0.2, 0.25) is 0 Å². The molecule has 1 aromatic heterocycles. The van der Waals surface area contributed by atoms with E-state index in [9.17, 15) is 9.59 Å². The third-order valence-corrected chi connectivity index (χ3v) is 4.84. The number of anilines is 1. The van der Waals surface area contributed by atoms with Crippen LogP contribution in [0.3, 0.4) is 0 Å². The number of aryl methyl sites for hydroxylation is 2. The Morgan fingerprint density at radius 3 is 2.48 bits per heavy atom. The summed E-state index contributed by atoms with van der Waals surface area (Å²) in [4.78, 5) is 29.1. The van der Waals surface area contributed by atoms with Gasteiger partial charge in [0.25, 0.3) is 0 Å². The second-order valence-electron chi connectivity index (χ2n) is 6.51. The van der Waals surface area contributed by atoms with Gasteiger partial charge in [-0.05, 0) is 55.7 Å². The lowest BCUT2D eigenvalue weighted by molar-refractivity contribution is -0.115. The van der Waals surface area contributed by atoms with Crippen LogP contribution in [0.15, 0.2) is 42.5 Å². The smallest absolute Gasteiger partial charge is 0.338 e. The molecule has 5 heteroatoms. The summed E-state index contributed by atoms with van der Waals surface area (Å²) >= 11 is 0. The number of aromatic nitrogens is 1. The largest absolute Gasteiger partial charge is 0.465 e. The fourth-order valence-corrected chi connectivity index (χ4v) is 3.29. The van der Waals surface area contributed by atoms with Crippen molar-refractivity contribution in [3.63, 3.8) is 0 Å². The maximum Gasteiger partial charge on any atom is 0.338 e. The second kappa shape index (κ2) is 7.58. The zero-order chi connectivity index (χ0) is 19.6. The lowest BCUT2D eigenvalue weighted by Crippen LogP contribution is -2.18. The number of nitrogens with zero attached hydrogens (tertiary/aromatic N) is 1. The topological polar surface area (TPSA) is 68.3 Å². The molecule has 2 aromatic carbocycles. The number of hydrogen-bond donors (Lipinski definition) is 1. The number of esters is 1. The van der Waals surface area contributed by atoms with E-state index in [2.05, 4.69) is 10.3 Å².